The van der Waals surface area contributed by atoms with Crippen LogP contribution in [0.2, 0.25) is 0 Å². The van der Waals surface area contributed by atoms with Crippen molar-refractivity contribution in [3.8, 4) is 6.07 Å². The summed E-state index contributed by atoms with van der Waals surface area (Å²) < 4.78 is 1.71. The lowest BCUT2D eigenvalue weighted by Gasteiger charge is -2.17. The average Bonchev–Trinajstić information content (AvgIpc) is 3.05. The van der Waals surface area contributed by atoms with E-state index in [1.54, 1.807) is 34.6 Å². The SMILES string of the molecule is CC1CCc2c(sc(NC(=O)Cn3ccnc3)c2C#N)C1. The fourth-order valence-electron chi connectivity index (χ4n) is 2.67. The van der Waals surface area contributed by atoms with Crippen LogP contribution in [0.15, 0.2) is 18.7 Å². The fourth-order valence-corrected chi connectivity index (χ4v) is 4.05. The maximum Gasteiger partial charge on any atom is 0.244 e. The summed E-state index contributed by atoms with van der Waals surface area (Å²) in [5.74, 6) is 0.522. The van der Waals surface area contributed by atoms with Gasteiger partial charge in [-0.05, 0) is 30.7 Å². The van der Waals surface area contributed by atoms with Crippen molar-refractivity contribution in [1.82, 2.24) is 9.55 Å². The standard InChI is InChI=1S/C15H16N4OS/c1-10-2-3-11-12(7-16)15(21-13(11)6-10)18-14(20)8-19-5-4-17-9-19/h4-5,9-10H,2-3,6,8H2,1H3,(H,18,20). The van der Waals surface area contributed by atoms with E-state index < -0.39 is 0 Å². The van der Waals surface area contributed by atoms with Crippen LogP contribution in [0.25, 0.3) is 0 Å². The van der Waals surface area contributed by atoms with Crippen molar-refractivity contribution in [3.05, 3.63) is 34.7 Å². The molecule has 2 aromatic rings. The van der Waals surface area contributed by atoms with E-state index in [-0.39, 0.29) is 12.5 Å². The number of hydrogen-bond acceptors (Lipinski definition) is 4. The maximum absolute atomic E-state index is 12.1. The third-order valence-corrected chi connectivity index (χ3v) is 4.93. The van der Waals surface area contributed by atoms with Crippen LogP contribution >= 0.6 is 11.3 Å². The van der Waals surface area contributed by atoms with Crippen molar-refractivity contribution in [2.75, 3.05) is 5.32 Å². The van der Waals surface area contributed by atoms with Gasteiger partial charge in [0, 0.05) is 17.3 Å². The number of carbonyl (C=O) groups excluding carboxylic acids is 1. The predicted molar refractivity (Wildman–Crippen MR) is 81.1 cm³/mol. The Morgan fingerprint density at radius 1 is 1.67 bits per heavy atom. The van der Waals surface area contributed by atoms with Gasteiger partial charge in [-0.1, -0.05) is 6.92 Å². The first-order valence-electron chi connectivity index (χ1n) is 6.97. The number of nitrogens with one attached hydrogen (secondary N) is 1. The Kier molecular flexibility index (Phi) is 3.76. The van der Waals surface area contributed by atoms with E-state index in [0.717, 1.165) is 24.8 Å². The summed E-state index contributed by atoms with van der Waals surface area (Å²) in [6.07, 6.45) is 8.04. The van der Waals surface area contributed by atoms with Crippen molar-refractivity contribution >= 4 is 22.2 Å². The number of fused-ring (bicyclic) bond motifs is 1. The quantitative estimate of drug-likeness (QED) is 0.947. The number of imidazole rings is 1. The van der Waals surface area contributed by atoms with Crippen LogP contribution in [-0.2, 0) is 24.2 Å². The zero-order valence-electron chi connectivity index (χ0n) is 11.8. The molecule has 1 amide bonds. The topological polar surface area (TPSA) is 70.7 Å². The molecule has 108 valence electrons. The van der Waals surface area contributed by atoms with Crippen LogP contribution in [0, 0.1) is 17.2 Å². The van der Waals surface area contributed by atoms with E-state index in [2.05, 4.69) is 23.3 Å². The number of anilines is 1. The highest BCUT2D eigenvalue weighted by Crippen LogP contribution is 2.39. The highest BCUT2D eigenvalue weighted by Gasteiger charge is 2.24. The molecule has 2 aromatic heterocycles. The highest BCUT2D eigenvalue weighted by molar-refractivity contribution is 7.16. The van der Waals surface area contributed by atoms with Gasteiger partial charge in [0.2, 0.25) is 5.91 Å². The second kappa shape index (κ2) is 5.70. The number of thiophene rings is 1. The summed E-state index contributed by atoms with van der Waals surface area (Å²) in [5, 5.41) is 13.0. The molecule has 0 fully saturated rings. The van der Waals surface area contributed by atoms with Gasteiger partial charge in [-0.3, -0.25) is 4.79 Å². The molecule has 1 aliphatic carbocycles. The fraction of sp³-hybridized carbons (Fsp3) is 0.400. The molecule has 1 N–H and O–H groups in total. The first kappa shape index (κ1) is 13.8. The van der Waals surface area contributed by atoms with Gasteiger partial charge >= 0.3 is 0 Å². The maximum atomic E-state index is 12.1. The van der Waals surface area contributed by atoms with Gasteiger partial charge in [0.1, 0.15) is 17.6 Å². The molecular formula is C15H16N4OS. The van der Waals surface area contributed by atoms with Crippen LogP contribution in [0.3, 0.4) is 0 Å². The lowest BCUT2D eigenvalue weighted by Crippen LogP contribution is -2.17. The third kappa shape index (κ3) is 2.83. The molecule has 0 spiro atoms. The van der Waals surface area contributed by atoms with Gasteiger partial charge in [0.05, 0.1) is 11.9 Å². The van der Waals surface area contributed by atoms with Crippen molar-refractivity contribution in [1.29, 1.82) is 5.26 Å². The molecule has 1 atom stereocenters. The summed E-state index contributed by atoms with van der Waals surface area (Å²) in [7, 11) is 0. The Bertz CT molecular complexity index is 696. The number of carbonyl (C=O) groups is 1. The average molecular weight is 300 g/mol. The van der Waals surface area contributed by atoms with Crippen molar-refractivity contribution in [3.63, 3.8) is 0 Å². The monoisotopic (exact) mass is 300 g/mol. The summed E-state index contributed by atoms with van der Waals surface area (Å²) in [4.78, 5) is 17.2. The number of amides is 1. The molecule has 6 heteroatoms. The van der Waals surface area contributed by atoms with E-state index in [9.17, 15) is 10.1 Å². The highest BCUT2D eigenvalue weighted by atomic mass is 32.1. The molecule has 0 saturated carbocycles. The molecule has 0 saturated heterocycles. The second-order valence-corrected chi connectivity index (χ2v) is 6.56. The van der Waals surface area contributed by atoms with Crippen molar-refractivity contribution in [2.45, 2.75) is 32.7 Å². The Morgan fingerprint density at radius 3 is 3.24 bits per heavy atom. The van der Waals surface area contributed by atoms with E-state index in [1.807, 2.05) is 0 Å². The number of hydrogen-bond donors (Lipinski definition) is 1. The lowest BCUT2D eigenvalue weighted by atomic mass is 9.89. The zero-order valence-corrected chi connectivity index (χ0v) is 12.6. The van der Waals surface area contributed by atoms with Crippen LogP contribution in [0.4, 0.5) is 5.00 Å². The molecule has 0 aromatic carbocycles. The molecule has 2 heterocycles. The molecule has 21 heavy (non-hydrogen) atoms. The van der Waals surface area contributed by atoms with Crippen LogP contribution < -0.4 is 5.32 Å². The third-order valence-electron chi connectivity index (χ3n) is 3.76. The Morgan fingerprint density at radius 2 is 2.52 bits per heavy atom. The van der Waals surface area contributed by atoms with E-state index >= 15 is 0 Å². The number of rotatable bonds is 3. The predicted octanol–water partition coefficient (Wildman–Crippen LogP) is 2.58. The molecule has 5 nitrogen and oxygen atoms in total. The van der Waals surface area contributed by atoms with Gasteiger partial charge in [-0.2, -0.15) is 5.26 Å². The minimum Gasteiger partial charge on any atom is -0.328 e. The largest absolute Gasteiger partial charge is 0.328 e. The van der Waals surface area contributed by atoms with E-state index in [4.69, 9.17) is 0 Å². The van der Waals surface area contributed by atoms with Gasteiger partial charge in [0.15, 0.2) is 0 Å². The molecule has 0 bridgehead atoms. The Balaban J connectivity index is 1.79. The van der Waals surface area contributed by atoms with Gasteiger partial charge in [-0.25, -0.2) is 4.98 Å². The van der Waals surface area contributed by atoms with Crippen molar-refractivity contribution < 1.29 is 4.79 Å². The second-order valence-electron chi connectivity index (χ2n) is 5.45. The minimum atomic E-state index is -0.129. The number of aromatic nitrogens is 2. The Labute approximate surface area is 127 Å². The summed E-state index contributed by atoms with van der Waals surface area (Å²) in [6, 6.07) is 2.26. The van der Waals surface area contributed by atoms with E-state index in [0.29, 0.717) is 16.5 Å². The first-order valence-corrected chi connectivity index (χ1v) is 7.79. The number of nitrogens with zero attached hydrogens (tertiary/aromatic N) is 3. The van der Waals surface area contributed by atoms with Crippen LogP contribution in [0.1, 0.15) is 29.3 Å². The summed E-state index contributed by atoms with van der Waals surface area (Å²) >= 11 is 1.55. The summed E-state index contributed by atoms with van der Waals surface area (Å²) in [6.45, 7) is 2.44. The molecule has 3 rings (SSSR count). The molecule has 0 aliphatic heterocycles. The molecule has 1 unspecified atom stereocenters. The van der Waals surface area contributed by atoms with Gasteiger partial charge in [-0.15, -0.1) is 11.3 Å². The molecular weight excluding hydrogens is 284 g/mol. The van der Waals surface area contributed by atoms with Crippen molar-refractivity contribution in [2.24, 2.45) is 5.92 Å². The van der Waals surface area contributed by atoms with Gasteiger partial charge in [0.25, 0.3) is 0 Å². The minimum absolute atomic E-state index is 0.129. The molecule has 0 radical (unpaired) electrons. The Hall–Kier alpha value is -2.13. The lowest BCUT2D eigenvalue weighted by molar-refractivity contribution is -0.116. The zero-order chi connectivity index (χ0) is 14.8. The smallest absolute Gasteiger partial charge is 0.244 e. The number of nitriles is 1. The first-order chi connectivity index (χ1) is 10.2. The van der Waals surface area contributed by atoms with E-state index in [1.165, 1.54) is 4.88 Å². The molecule has 1 aliphatic rings. The van der Waals surface area contributed by atoms with Crippen LogP contribution in [0.5, 0.6) is 0 Å². The van der Waals surface area contributed by atoms with Crippen LogP contribution in [-0.4, -0.2) is 15.5 Å². The summed E-state index contributed by atoms with van der Waals surface area (Å²) in [5.41, 5.74) is 1.79. The normalized spacial score (nSPS) is 17.0. The van der Waals surface area contributed by atoms with Gasteiger partial charge < -0.3 is 9.88 Å².